The van der Waals surface area contributed by atoms with Crippen LogP contribution in [0.4, 0.5) is 14.5 Å². The van der Waals surface area contributed by atoms with Crippen LogP contribution in [0.3, 0.4) is 0 Å². The Labute approximate surface area is 151 Å². The summed E-state index contributed by atoms with van der Waals surface area (Å²) in [5.41, 5.74) is 1.65. The highest BCUT2D eigenvalue weighted by Gasteiger charge is 2.20. The molecule has 0 radical (unpaired) electrons. The van der Waals surface area contributed by atoms with Crippen molar-refractivity contribution in [2.75, 3.05) is 4.72 Å². The Bertz CT molecular complexity index is 1190. The molecular formula is C17H11F2N3O2S2. The topological polar surface area (TPSA) is 63.5 Å². The standard InChI is InChI=1S/C17H11F2N3O2S2/c18-12-4-5-16(14(19)9-12)26(23,24)21-13-3-1-2-11(8-13)15-10-22-6-7-25-17(22)20-15/h1-10,21H. The molecule has 0 unspecified atom stereocenters. The first-order chi connectivity index (χ1) is 12.4. The number of nitrogens with one attached hydrogen (secondary N) is 1. The van der Waals surface area contributed by atoms with Crippen molar-refractivity contribution in [2.24, 2.45) is 0 Å². The minimum absolute atomic E-state index is 0.252. The second-order valence-corrected chi connectivity index (χ2v) is 8.00. The van der Waals surface area contributed by atoms with Crippen molar-refractivity contribution in [3.05, 3.63) is 71.9 Å². The van der Waals surface area contributed by atoms with Crippen LogP contribution in [0.5, 0.6) is 0 Å². The van der Waals surface area contributed by atoms with E-state index in [0.717, 1.165) is 17.1 Å². The molecule has 0 fully saturated rings. The van der Waals surface area contributed by atoms with Gasteiger partial charge in [-0.1, -0.05) is 12.1 Å². The van der Waals surface area contributed by atoms with Gasteiger partial charge in [-0.25, -0.2) is 22.2 Å². The molecule has 2 aromatic carbocycles. The molecule has 26 heavy (non-hydrogen) atoms. The summed E-state index contributed by atoms with van der Waals surface area (Å²) in [6.45, 7) is 0. The van der Waals surface area contributed by atoms with Crippen LogP contribution < -0.4 is 4.72 Å². The summed E-state index contributed by atoms with van der Waals surface area (Å²) in [6.07, 6.45) is 3.71. The Morgan fingerprint density at radius 2 is 1.96 bits per heavy atom. The summed E-state index contributed by atoms with van der Waals surface area (Å²) >= 11 is 1.49. The maximum Gasteiger partial charge on any atom is 0.264 e. The van der Waals surface area contributed by atoms with E-state index in [2.05, 4.69) is 9.71 Å². The number of benzene rings is 2. The number of thiazole rings is 1. The molecule has 2 heterocycles. The van der Waals surface area contributed by atoms with Gasteiger partial charge in [0.1, 0.15) is 16.5 Å². The molecular weight excluding hydrogens is 380 g/mol. The lowest BCUT2D eigenvalue weighted by Gasteiger charge is -2.10. The zero-order valence-corrected chi connectivity index (χ0v) is 14.7. The molecule has 1 N–H and O–H groups in total. The Balaban J connectivity index is 1.67. The van der Waals surface area contributed by atoms with Crippen LogP contribution in [0.15, 0.2) is 65.1 Å². The summed E-state index contributed by atoms with van der Waals surface area (Å²) in [5, 5.41) is 1.91. The molecule has 0 aliphatic heterocycles. The molecule has 0 aliphatic rings. The number of hydrogen-bond donors (Lipinski definition) is 1. The molecule has 4 rings (SSSR count). The molecule has 2 aromatic heterocycles. The first-order valence-electron chi connectivity index (χ1n) is 7.43. The second kappa shape index (κ2) is 6.19. The lowest BCUT2D eigenvalue weighted by atomic mass is 10.1. The fourth-order valence-electron chi connectivity index (χ4n) is 2.51. The minimum Gasteiger partial charge on any atom is -0.297 e. The van der Waals surface area contributed by atoms with Gasteiger partial charge in [-0.3, -0.25) is 9.12 Å². The predicted molar refractivity (Wildman–Crippen MR) is 95.7 cm³/mol. The SMILES string of the molecule is O=S(=O)(Nc1cccc(-c2cn3ccsc3n2)c1)c1ccc(F)cc1F. The van der Waals surface area contributed by atoms with E-state index in [1.807, 2.05) is 22.2 Å². The van der Waals surface area contributed by atoms with Crippen LogP contribution in [0.1, 0.15) is 0 Å². The maximum absolute atomic E-state index is 13.8. The number of halogens is 2. The maximum atomic E-state index is 13.8. The second-order valence-electron chi connectivity index (χ2n) is 5.48. The summed E-state index contributed by atoms with van der Waals surface area (Å²) in [4.78, 5) is 4.67. The number of rotatable bonds is 4. The van der Waals surface area contributed by atoms with Gasteiger partial charge in [0.2, 0.25) is 0 Å². The van der Waals surface area contributed by atoms with E-state index in [4.69, 9.17) is 0 Å². The number of hydrogen-bond acceptors (Lipinski definition) is 4. The van der Waals surface area contributed by atoms with Crippen LogP contribution in [-0.4, -0.2) is 17.8 Å². The Kier molecular flexibility index (Phi) is 3.97. The van der Waals surface area contributed by atoms with Gasteiger partial charge in [0.15, 0.2) is 4.96 Å². The molecule has 0 aliphatic carbocycles. The monoisotopic (exact) mass is 391 g/mol. The minimum atomic E-state index is -4.19. The zero-order valence-electron chi connectivity index (χ0n) is 13.1. The van der Waals surface area contributed by atoms with Crippen LogP contribution in [-0.2, 0) is 10.0 Å². The van der Waals surface area contributed by atoms with E-state index in [1.54, 1.807) is 24.3 Å². The van der Waals surface area contributed by atoms with E-state index in [-0.39, 0.29) is 5.69 Å². The van der Waals surface area contributed by atoms with Gasteiger partial charge in [-0.2, -0.15) is 0 Å². The zero-order chi connectivity index (χ0) is 18.3. The Morgan fingerprint density at radius 3 is 2.73 bits per heavy atom. The first kappa shape index (κ1) is 16.7. The molecule has 0 spiro atoms. The van der Waals surface area contributed by atoms with E-state index < -0.39 is 26.6 Å². The number of aromatic nitrogens is 2. The van der Waals surface area contributed by atoms with E-state index in [9.17, 15) is 17.2 Å². The summed E-state index contributed by atoms with van der Waals surface area (Å²) in [5.74, 6) is -1.99. The lowest BCUT2D eigenvalue weighted by Crippen LogP contribution is -2.14. The van der Waals surface area contributed by atoms with Crippen LogP contribution in [0, 0.1) is 11.6 Å². The van der Waals surface area contributed by atoms with Gasteiger partial charge >= 0.3 is 0 Å². The third kappa shape index (κ3) is 3.06. The van der Waals surface area contributed by atoms with Crippen molar-refractivity contribution < 1.29 is 17.2 Å². The van der Waals surface area contributed by atoms with Gasteiger partial charge < -0.3 is 0 Å². The van der Waals surface area contributed by atoms with Crippen molar-refractivity contribution in [3.8, 4) is 11.3 Å². The fraction of sp³-hybridized carbons (Fsp3) is 0. The van der Waals surface area contributed by atoms with Crippen molar-refractivity contribution in [1.82, 2.24) is 9.38 Å². The Hall–Kier alpha value is -2.78. The quantitative estimate of drug-likeness (QED) is 0.569. The molecule has 0 bridgehead atoms. The van der Waals surface area contributed by atoms with Crippen molar-refractivity contribution in [1.29, 1.82) is 0 Å². The first-order valence-corrected chi connectivity index (χ1v) is 9.79. The average Bonchev–Trinajstić information content (AvgIpc) is 3.15. The van der Waals surface area contributed by atoms with Gasteiger partial charge in [-0.15, -0.1) is 11.3 Å². The molecule has 4 aromatic rings. The predicted octanol–water partition coefficient (Wildman–Crippen LogP) is 4.14. The highest BCUT2D eigenvalue weighted by atomic mass is 32.2. The number of anilines is 1. The third-order valence-electron chi connectivity index (χ3n) is 3.69. The molecule has 0 saturated carbocycles. The average molecular weight is 391 g/mol. The van der Waals surface area contributed by atoms with Crippen molar-refractivity contribution in [2.45, 2.75) is 4.90 Å². The lowest BCUT2D eigenvalue weighted by molar-refractivity contribution is 0.551. The number of sulfonamides is 1. The van der Waals surface area contributed by atoms with E-state index in [1.165, 1.54) is 11.3 Å². The highest BCUT2D eigenvalue weighted by molar-refractivity contribution is 7.92. The number of fused-ring (bicyclic) bond motifs is 1. The van der Waals surface area contributed by atoms with Gasteiger partial charge in [0.25, 0.3) is 10.0 Å². The summed E-state index contributed by atoms with van der Waals surface area (Å²) < 4.78 is 55.8. The molecule has 0 amide bonds. The van der Waals surface area contributed by atoms with Gasteiger partial charge in [0.05, 0.1) is 5.69 Å². The van der Waals surface area contributed by atoms with Crippen molar-refractivity contribution >= 4 is 32.0 Å². The molecule has 0 atom stereocenters. The van der Waals surface area contributed by atoms with Crippen LogP contribution >= 0.6 is 11.3 Å². The molecule has 5 nitrogen and oxygen atoms in total. The largest absolute Gasteiger partial charge is 0.297 e. The third-order valence-corrected chi connectivity index (χ3v) is 5.87. The molecule has 0 saturated heterocycles. The normalized spacial score (nSPS) is 11.8. The summed E-state index contributed by atoms with van der Waals surface area (Å²) in [7, 11) is -4.19. The smallest absolute Gasteiger partial charge is 0.264 e. The van der Waals surface area contributed by atoms with Gasteiger partial charge in [-0.05, 0) is 24.3 Å². The molecule has 132 valence electrons. The van der Waals surface area contributed by atoms with Crippen molar-refractivity contribution in [3.63, 3.8) is 0 Å². The van der Waals surface area contributed by atoms with E-state index in [0.29, 0.717) is 17.3 Å². The van der Waals surface area contributed by atoms with Crippen LogP contribution in [0.25, 0.3) is 16.2 Å². The number of imidazole rings is 1. The molecule has 9 heteroatoms. The number of nitrogens with zero attached hydrogens (tertiary/aromatic N) is 2. The highest BCUT2D eigenvalue weighted by Crippen LogP contribution is 2.26. The van der Waals surface area contributed by atoms with E-state index >= 15 is 0 Å². The summed E-state index contributed by atoms with van der Waals surface area (Å²) in [6, 6.07) is 8.92. The van der Waals surface area contributed by atoms with Crippen LogP contribution in [0.2, 0.25) is 0 Å². The fourth-order valence-corrected chi connectivity index (χ4v) is 4.32. The van der Waals surface area contributed by atoms with Gasteiger partial charge in [0, 0.05) is 35.1 Å². The Morgan fingerprint density at radius 1 is 1.12 bits per heavy atom.